The number of hydrazone groups is 1. The minimum absolute atomic E-state index is 0.151. The second-order valence-corrected chi connectivity index (χ2v) is 6.81. The zero-order valence-corrected chi connectivity index (χ0v) is 15.7. The molecule has 0 unspecified atom stereocenters. The van der Waals surface area contributed by atoms with Gasteiger partial charge >= 0.3 is 0 Å². The molecule has 0 saturated heterocycles. The number of rotatable bonds is 6. The number of hydrogen-bond acceptors (Lipinski definition) is 2. The van der Waals surface area contributed by atoms with Crippen LogP contribution in [0.15, 0.2) is 90.0 Å². The Morgan fingerprint density at radius 2 is 1.30 bits per heavy atom. The molecule has 3 rings (SSSR count). The van der Waals surface area contributed by atoms with Gasteiger partial charge in [0.15, 0.2) is 0 Å². The molecular weight excluding hydrogens is 332 g/mol. The Morgan fingerprint density at radius 1 is 0.778 bits per heavy atom. The fourth-order valence-electron chi connectivity index (χ4n) is 2.99. The molecule has 1 N–H and O–H groups in total. The third-order valence-electron chi connectivity index (χ3n) is 4.52. The Morgan fingerprint density at radius 3 is 1.78 bits per heavy atom. The molecule has 0 radical (unpaired) electrons. The van der Waals surface area contributed by atoms with E-state index in [9.17, 15) is 4.79 Å². The van der Waals surface area contributed by atoms with Crippen LogP contribution in [-0.2, 0) is 4.79 Å². The second kappa shape index (κ2) is 8.95. The van der Waals surface area contributed by atoms with Crippen molar-refractivity contribution < 1.29 is 4.79 Å². The number of benzene rings is 3. The quantitative estimate of drug-likeness (QED) is 0.485. The minimum atomic E-state index is -0.395. The van der Waals surface area contributed by atoms with Gasteiger partial charge in [-0.25, -0.2) is 5.43 Å². The van der Waals surface area contributed by atoms with Crippen LogP contribution in [0.4, 0.5) is 0 Å². The molecule has 3 heteroatoms. The SMILES string of the molecule is CC(C)c1ccc(/C=N\NC(=O)C(c2ccccc2)c2ccccc2)cc1. The Balaban J connectivity index is 1.75. The van der Waals surface area contributed by atoms with Crippen molar-refractivity contribution in [3.8, 4) is 0 Å². The van der Waals surface area contributed by atoms with Gasteiger partial charge in [0.1, 0.15) is 0 Å². The van der Waals surface area contributed by atoms with E-state index in [4.69, 9.17) is 0 Å². The van der Waals surface area contributed by atoms with Crippen LogP contribution >= 0.6 is 0 Å². The lowest BCUT2D eigenvalue weighted by Gasteiger charge is -2.16. The standard InChI is InChI=1S/C24H24N2O/c1-18(2)20-15-13-19(14-16-20)17-25-26-24(27)23(21-9-5-3-6-10-21)22-11-7-4-8-12-22/h3-18,23H,1-2H3,(H,26,27)/b25-17-. The molecule has 3 aromatic rings. The van der Waals surface area contributed by atoms with Crippen LogP contribution in [0.5, 0.6) is 0 Å². The van der Waals surface area contributed by atoms with Gasteiger partial charge < -0.3 is 0 Å². The first-order valence-corrected chi connectivity index (χ1v) is 9.18. The lowest BCUT2D eigenvalue weighted by Crippen LogP contribution is -2.26. The van der Waals surface area contributed by atoms with E-state index in [1.54, 1.807) is 6.21 Å². The molecular formula is C24H24N2O. The zero-order chi connectivity index (χ0) is 19.1. The molecule has 0 aliphatic carbocycles. The van der Waals surface area contributed by atoms with Crippen molar-refractivity contribution in [3.05, 3.63) is 107 Å². The smallest absolute Gasteiger partial charge is 0.252 e. The summed E-state index contributed by atoms with van der Waals surface area (Å²) in [5, 5.41) is 4.16. The molecule has 0 fully saturated rings. The van der Waals surface area contributed by atoms with Gasteiger partial charge in [0.2, 0.25) is 0 Å². The van der Waals surface area contributed by atoms with Gasteiger partial charge in [0, 0.05) is 0 Å². The van der Waals surface area contributed by atoms with E-state index in [2.05, 4.69) is 36.5 Å². The Bertz CT molecular complexity index is 845. The Hall–Kier alpha value is -3.20. The first kappa shape index (κ1) is 18.6. The molecule has 3 nitrogen and oxygen atoms in total. The second-order valence-electron chi connectivity index (χ2n) is 6.81. The van der Waals surface area contributed by atoms with Crippen molar-refractivity contribution in [1.29, 1.82) is 0 Å². The highest BCUT2D eigenvalue weighted by atomic mass is 16.2. The largest absolute Gasteiger partial charge is 0.272 e. The van der Waals surface area contributed by atoms with Crippen LogP contribution in [0.1, 0.15) is 47.9 Å². The molecule has 1 amide bonds. The predicted octanol–water partition coefficient (Wildman–Crippen LogP) is 5.09. The van der Waals surface area contributed by atoms with Gasteiger partial charge in [-0.15, -0.1) is 0 Å². The van der Waals surface area contributed by atoms with Crippen molar-refractivity contribution in [2.75, 3.05) is 0 Å². The lowest BCUT2D eigenvalue weighted by molar-refractivity contribution is -0.121. The van der Waals surface area contributed by atoms with E-state index in [0.29, 0.717) is 5.92 Å². The lowest BCUT2D eigenvalue weighted by atomic mass is 9.91. The van der Waals surface area contributed by atoms with Gasteiger partial charge in [-0.05, 0) is 28.2 Å². The van der Waals surface area contributed by atoms with E-state index in [1.165, 1.54) is 5.56 Å². The monoisotopic (exact) mass is 356 g/mol. The maximum absolute atomic E-state index is 12.9. The third kappa shape index (κ3) is 4.91. The van der Waals surface area contributed by atoms with Gasteiger partial charge in [0.05, 0.1) is 12.1 Å². The van der Waals surface area contributed by atoms with Gasteiger partial charge in [-0.2, -0.15) is 5.10 Å². The number of carbonyl (C=O) groups excluding carboxylic acids is 1. The molecule has 27 heavy (non-hydrogen) atoms. The molecule has 136 valence electrons. The molecule has 0 atom stereocenters. The van der Waals surface area contributed by atoms with Crippen LogP contribution in [0.25, 0.3) is 0 Å². The summed E-state index contributed by atoms with van der Waals surface area (Å²) in [6.07, 6.45) is 1.68. The fourth-order valence-corrected chi connectivity index (χ4v) is 2.99. The average molecular weight is 356 g/mol. The summed E-state index contributed by atoms with van der Waals surface area (Å²) in [6.45, 7) is 4.33. The van der Waals surface area contributed by atoms with E-state index in [-0.39, 0.29) is 5.91 Å². The molecule has 0 spiro atoms. The van der Waals surface area contributed by atoms with E-state index < -0.39 is 5.92 Å². The topological polar surface area (TPSA) is 41.5 Å². The molecule has 0 aromatic heterocycles. The summed E-state index contributed by atoms with van der Waals surface area (Å²) < 4.78 is 0. The number of nitrogens with zero attached hydrogens (tertiary/aromatic N) is 1. The zero-order valence-electron chi connectivity index (χ0n) is 15.7. The van der Waals surface area contributed by atoms with Crippen molar-refractivity contribution >= 4 is 12.1 Å². The summed E-state index contributed by atoms with van der Waals surface area (Å²) in [4.78, 5) is 12.9. The Kier molecular flexibility index (Phi) is 6.16. The summed E-state index contributed by atoms with van der Waals surface area (Å²) in [7, 11) is 0. The van der Waals surface area contributed by atoms with Gasteiger partial charge in [-0.3, -0.25) is 4.79 Å². The van der Waals surface area contributed by atoms with Crippen molar-refractivity contribution in [2.24, 2.45) is 5.10 Å². The minimum Gasteiger partial charge on any atom is -0.272 e. The number of amides is 1. The summed E-state index contributed by atoms with van der Waals surface area (Å²) >= 11 is 0. The third-order valence-corrected chi connectivity index (χ3v) is 4.52. The molecule has 3 aromatic carbocycles. The molecule has 0 heterocycles. The van der Waals surface area contributed by atoms with E-state index >= 15 is 0 Å². The fraction of sp³-hybridized carbons (Fsp3) is 0.167. The highest BCUT2D eigenvalue weighted by molar-refractivity contribution is 5.88. The molecule has 0 bridgehead atoms. The molecule has 0 aliphatic heterocycles. The van der Waals surface area contributed by atoms with Crippen LogP contribution in [0, 0.1) is 0 Å². The first-order chi connectivity index (χ1) is 13.1. The summed E-state index contributed by atoms with van der Waals surface area (Å²) in [5.41, 5.74) is 6.82. The van der Waals surface area contributed by atoms with Crippen LogP contribution in [0.2, 0.25) is 0 Å². The first-order valence-electron chi connectivity index (χ1n) is 9.18. The summed E-state index contributed by atoms with van der Waals surface area (Å²) in [5.74, 6) is -0.0523. The van der Waals surface area contributed by atoms with Crippen LogP contribution in [-0.4, -0.2) is 12.1 Å². The van der Waals surface area contributed by atoms with Crippen molar-refractivity contribution in [3.63, 3.8) is 0 Å². The van der Waals surface area contributed by atoms with E-state index in [1.807, 2.05) is 72.8 Å². The summed E-state index contributed by atoms with van der Waals surface area (Å²) in [6, 6.07) is 27.7. The highest BCUT2D eigenvalue weighted by Crippen LogP contribution is 2.24. The highest BCUT2D eigenvalue weighted by Gasteiger charge is 2.22. The van der Waals surface area contributed by atoms with Crippen LogP contribution in [0.3, 0.4) is 0 Å². The van der Waals surface area contributed by atoms with Gasteiger partial charge in [0.25, 0.3) is 5.91 Å². The normalized spacial score (nSPS) is 11.3. The van der Waals surface area contributed by atoms with E-state index in [0.717, 1.165) is 16.7 Å². The maximum atomic E-state index is 12.9. The number of nitrogens with one attached hydrogen (secondary N) is 1. The van der Waals surface area contributed by atoms with Crippen molar-refractivity contribution in [1.82, 2.24) is 5.43 Å². The maximum Gasteiger partial charge on any atom is 0.252 e. The Labute approximate surface area is 160 Å². The molecule has 0 aliphatic rings. The van der Waals surface area contributed by atoms with Crippen molar-refractivity contribution in [2.45, 2.75) is 25.7 Å². The van der Waals surface area contributed by atoms with Crippen LogP contribution < -0.4 is 5.43 Å². The number of hydrogen-bond donors (Lipinski definition) is 1. The average Bonchev–Trinajstić information content (AvgIpc) is 2.70. The van der Waals surface area contributed by atoms with Gasteiger partial charge in [-0.1, -0.05) is 98.8 Å². The predicted molar refractivity (Wildman–Crippen MR) is 111 cm³/mol. The number of carbonyl (C=O) groups is 1. The molecule has 0 saturated carbocycles.